The van der Waals surface area contributed by atoms with E-state index >= 15 is 0 Å². The third-order valence-corrected chi connectivity index (χ3v) is 3.91. The van der Waals surface area contributed by atoms with E-state index in [1.165, 1.54) is 0 Å². The molecule has 1 aliphatic carbocycles. The van der Waals surface area contributed by atoms with Gasteiger partial charge in [-0.15, -0.1) is 0 Å². The van der Waals surface area contributed by atoms with Crippen molar-refractivity contribution in [1.29, 1.82) is 0 Å². The van der Waals surface area contributed by atoms with Gasteiger partial charge in [0.05, 0.1) is 19.8 Å². The smallest absolute Gasteiger partial charge is 0.246 e. The molecule has 0 bridgehead atoms. The summed E-state index contributed by atoms with van der Waals surface area (Å²) in [6, 6.07) is -0.673. The maximum absolute atomic E-state index is 12.5. The number of carbonyl (C=O) groups excluding carboxylic acids is 2. The summed E-state index contributed by atoms with van der Waals surface area (Å²) < 4.78 is 10.3. The van der Waals surface area contributed by atoms with Gasteiger partial charge in [0.2, 0.25) is 11.8 Å². The average molecular weight is 284 g/mol. The molecule has 2 fully saturated rings. The molecular weight excluding hydrogens is 260 g/mol. The van der Waals surface area contributed by atoms with E-state index in [1.54, 1.807) is 12.0 Å². The molecule has 114 valence electrons. The number of hydrogen-bond acceptors (Lipinski definition) is 4. The van der Waals surface area contributed by atoms with Gasteiger partial charge in [-0.3, -0.25) is 9.59 Å². The van der Waals surface area contributed by atoms with Crippen molar-refractivity contribution in [2.75, 3.05) is 33.5 Å². The number of nitrogens with one attached hydrogen (secondary N) is 1. The van der Waals surface area contributed by atoms with E-state index in [1.807, 2.05) is 6.92 Å². The van der Waals surface area contributed by atoms with Crippen LogP contribution in [0.15, 0.2) is 0 Å². The van der Waals surface area contributed by atoms with Crippen LogP contribution < -0.4 is 5.32 Å². The second kappa shape index (κ2) is 7.04. The zero-order valence-corrected chi connectivity index (χ0v) is 12.3. The molecule has 2 amide bonds. The number of rotatable bonds is 8. The van der Waals surface area contributed by atoms with E-state index in [0.717, 1.165) is 12.8 Å². The molecule has 20 heavy (non-hydrogen) atoms. The van der Waals surface area contributed by atoms with Gasteiger partial charge >= 0.3 is 0 Å². The normalized spacial score (nSPS) is 26.8. The fraction of sp³-hybridized carbons (Fsp3) is 0.857. The SMILES string of the molecule is CCC1C(=O)NC(C2CC2)C(=O)N1CCOCCOC. The first kappa shape index (κ1) is 15.3. The quantitative estimate of drug-likeness (QED) is 0.645. The maximum Gasteiger partial charge on any atom is 0.246 e. The molecule has 2 atom stereocenters. The molecule has 1 saturated carbocycles. The van der Waals surface area contributed by atoms with Crippen LogP contribution in [0.3, 0.4) is 0 Å². The van der Waals surface area contributed by atoms with Crippen molar-refractivity contribution >= 4 is 11.8 Å². The summed E-state index contributed by atoms with van der Waals surface area (Å²) >= 11 is 0. The summed E-state index contributed by atoms with van der Waals surface area (Å²) in [4.78, 5) is 26.3. The number of carbonyl (C=O) groups is 2. The van der Waals surface area contributed by atoms with Crippen molar-refractivity contribution in [2.45, 2.75) is 38.3 Å². The van der Waals surface area contributed by atoms with E-state index in [4.69, 9.17) is 9.47 Å². The summed E-state index contributed by atoms with van der Waals surface area (Å²) in [5.41, 5.74) is 0. The van der Waals surface area contributed by atoms with Crippen LogP contribution in [0.5, 0.6) is 0 Å². The van der Waals surface area contributed by atoms with Crippen molar-refractivity contribution in [3.05, 3.63) is 0 Å². The second-order valence-corrected chi connectivity index (χ2v) is 5.38. The molecule has 1 aliphatic heterocycles. The van der Waals surface area contributed by atoms with Crippen LogP contribution in [0.4, 0.5) is 0 Å². The molecule has 1 N–H and O–H groups in total. The minimum atomic E-state index is -0.358. The predicted molar refractivity (Wildman–Crippen MR) is 73.1 cm³/mol. The van der Waals surface area contributed by atoms with Gasteiger partial charge in [0.15, 0.2) is 0 Å². The van der Waals surface area contributed by atoms with E-state index in [2.05, 4.69) is 5.32 Å². The second-order valence-electron chi connectivity index (χ2n) is 5.38. The highest BCUT2D eigenvalue weighted by atomic mass is 16.5. The Morgan fingerprint density at radius 1 is 1.25 bits per heavy atom. The highest BCUT2D eigenvalue weighted by molar-refractivity contribution is 5.97. The van der Waals surface area contributed by atoms with Gasteiger partial charge in [0.1, 0.15) is 12.1 Å². The first-order chi connectivity index (χ1) is 9.69. The summed E-state index contributed by atoms with van der Waals surface area (Å²) in [6.45, 7) is 3.88. The van der Waals surface area contributed by atoms with Crippen LogP contribution >= 0.6 is 0 Å². The molecule has 0 aromatic carbocycles. The number of ether oxygens (including phenoxy) is 2. The lowest BCUT2D eigenvalue weighted by Crippen LogP contribution is -2.64. The Hall–Kier alpha value is -1.14. The Kier molecular flexibility index (Phi) is 5.37. The number of piperazine rings is 1. The molecular formula is C14H24N2O4. The van der Waals surface area contributed by atoms with Gasteiger partial charge in [-0.25, -0.2) is 0 Å². The number of methoxy groups -OCH3 is 1. The zero-order chi connectivity index (χ0) is 14.5. The Bertz CT molecular complexity index is 357. The summed E-state index contributed by atoms with van der Waals surface area (Å²) in [6.07, 6.45) is 2.70. The average Bonchev–Trinajstić information content (AvgIpc) is 3.26. The van der Waals surface area contributed by atoms with Gasteiger partial charge in [0, 0.05) is 13.7 Å². The Balaban J connectivity index is 1.90. The van der Waals surface area contributed by atoms with Gasteiger partial charge < -0.3 is 19.7 Å². The molecule has 6 heteroatoms. The van der Waals surface area contributed by atoms with Crippen LogP contribution in [-0.2, 0) is 19.1 Å². The van der Waals surface area contributed by atoms with Crippen LogP contribution in [0, 0.1) is 5.92 Å². The molecule has 2 aliphatic rings. The minimum absolute atomic E-state index is 0.0270. The predicted octanol–water partition coefficient (Wildman–Crippen LogP) is 0.165. The zero-order valence-electron chi connectivity index (χ0n) is 12.3. The molecule has 1 heterocycles. The Morgan fingerprint density at radius 3 is 2.60 bits per heavy atom. The summed E-state index contributed by atoms with van der Waals surface area (Å²) in [5.74, 6) is 0.358. The molecule has 1 saturated heterocycles. The lowest BCUT2D eigenvalue weighted by Gasteiger charge is -2.38. The van der Waals surface area contributed by atoms with Crippen LogP contribution in [-0.4, -0.2) is 62.3 Å². The van der Waals surface area contributed by atoms with Crippen molar-refractivity contribution in [1.82, 2.24) is 10.2 Å². The number of nitrogens with zero attached hydrogens (tertiary/aromatic N) is 1. The van der Waals surface area contributed by atoms with Crippen molar-refractivity contribution in [3.8, 4) is 0 Å². The maximum atomic E-state index is 12.5. The third-order valence-electron chi connectivity index (χ3n) is 3.91. The van der Waals surface area contributed by atoms with Crippen molar-refractivity contribution in [2.24, 2.45) is 5.92 Å². The Labute approximate surface area is 119 Å². The van der Waals surface area contributed by atoms with Gasteiger partial charge in [0.25, 0.3) is 0 Å². The third kappa shape index (κ3) is 3.49. The van der Waals surface area contributed by atoms with Crippen LogP contribution in [0.2, 0.25) is 0 Å². The molecule has 6 nitrogen and oxygen atoms in total. The largest absolute Gasteiger partial charge is 0.382 e. The number of hydrogen-bond donors (Lipinski definition) is 1. The van der Waals surface area contributed by atoms with E-state index < -0.39 is 0 Å². The fourth-order valence-electron chi connectivity index (χ4n) is 2.61. The number of amides is 2. The Morgan fingerprint density at radius 2 is 2.00 bits per heavy atom. The molecule has 0 aromatic rings. The van der Waals surface area contributed by atoms with E-state index in [0.29, 0.717) is 38.7 Å². The fourth-order valence-corrected chi connectivity index (χ4v) is 2.61. The molecule has 0 radical (unpaired) electrons. The van der Waals surface area contributed by atoms with Gasteiger partial charge in [-0.2, -0.15) is 0 Å². The van der Waals surface area contributed by atoms with E-state index in [9.17, 15) is 9.59 Å². The lowest BCUT2D eigenvalue weighted by atomic mass is 10.0. The van der Waals surface area contributed by atoms with Gasteiger partial charge in [-0.05, 0) is 25.2 Å². The van der Waals surface area contributed by atoms with Crippen molar-refractivity contribution < 1.29 is 19.1 Å². The highest BCUT2D eigenvalue weighted by Crippen LogP contribution is 2.35. The lowest BCUT2D eigenvalue weighted by molar-refractivity contribution is -0.151. The summed E-state index contributed by atoms with van der Waals surface area (Å²) in [7, 11) is 1.62. The highest BCUT2D eigenvalue weighted by Gasteiger charge is 2.46. The molecule has 0 aromatic heterocycles. The van der Waals surface area contributed by atoms with Crippen LogP contribution in [0.1, 0.15) is 26.2 Å². The minimum Gasteiger partial charge on any atom is -0.382 e. The molecule has 0 spiro atoms. The topological polar surface area (TPSA) is 67.9 Å². The first-order valence-corrected chi connectivity index (χ1v) is 7.36. The van der Waals surface area contributed by atoms with Crippen molar-refractivity contribution in [3.63, 3.8) is 0 Å². The van der Waals surface area contributed by atoms with Crippen LogP contribution in [0.25, 0.3) is 0 Å². The standard InChI is InChI=1S/C14H24N2O4/c1-3-11-13(17)15-12(10-4-5-10)14(18)16(11)6-7-20-9-8-19-2/h10-12H,3-9H2,1-2H3,(H,15,17). The van der Waals surface area contributed by atoms with E-state index in [-0.39, 0.29) is 23.9 Å². The molecule has 2 rings (SSSR count). The molecule has 2 unspecified atom stereocenters. The van der Waals surface area contributed by atoms with Gasteiger partial charge in [-0.1, -0.05) is 6.92 Å². The monoisotopic (exact) mass is 284 g/mol. The first-order valence-electron chi connectivity index (χ1n) is 7.36. The summed E-state index contributed by atoms with van der Waals surface area (Å²) in [5, 5.41) is 2.88.